The Morgan fingerprint density at radius 3 is 2.44 bits per heavy atom. The summed E-state index contributed by atoms with van der Waals surface area (Å²) < 4.78 is 0. The van der Waals surface area contributed by atoms with Crippen molar-refractivity contribution < 1.29 is 4.79 Å². The molecule has 18 heavy (non-hydrogen) atoms. The molecule has 1 aliphatic carbocycles. The van der Waals surface area contributed by atoms with Gasteiger partial charge < -0.3 is 4.90 Å². The molecule has 2 fully saturated rings. The van der Waals surface area contributed by atoms with Crippen LogP contribution < -0.4 is 4.90 Å². The molecule has 0 N–H and O–H groups in total. The van der Waals surface area contributed by atoms with Crippen molar-refractivity contribution >= 4 is 23.6 Å². The Morgan fingerprint density at radius 1 is 1.11 bits per heavy atom. The maximum atomic E-state index is 10.9. The molecule has 3 nitrogen and oxygen atoms in total. The van der Waals surface area contributed by atoms with Crippen molar-refractivity contribution in [3.05, 3.63) is 28.8 Å². The quantitative estimate of drug-likeness (QED) is 0.784. The Kier molecular flexibility index (Phi) is 3.27. The van der Waals surface area contributed by atoms with Crippen LogP contribution in [-0.4, -0.2) is 43.4 Å². The number of hydrogen-bond acceptors (Lipinski definition) is 3. The maximum Gasteiger partial charge on any atom is 0.150 e. The van der Waals surface area contributed by atoms with Crippen LogP contribution in [0.4, 0.5) is 5.69 Å². The summed E-state index contributed by atoms with van der Waals surface area (Å²) in [7, 11) is 0. The van der Waals surface area contributed by atoms with E-state index in [1.54, 1.807) is 6.07 Å². The van der Waals surface area contributed by atoms with Crippen LogP contribution >= 0.6 is 11.6 Å². The summed E-state index contributed by atoms with van der Waals surface area (Å²) in [5.74, 6) is 0. The Balaban J connectivity index is 1.71. The lowest BCUT2D eigenvalue weighted by molar-refractivity contribution is 0.112. The van der Waals surface area contributed by atoms with Gasteiger partial charge in [-0.25, -0.2) is 0 Å². The summed E-state index contributed by atoms with van der Waals surface area (Å²) in [4.78, 5) is 15.7. The second-order valence-electron chi connectivity index (χ2n) is 5.11. The molecule has 1 aromatic carbocycles. The molecule has 1 aromatic rings. The van der Waals surface area contributed by atoms with Gasteiger partial charge in [-0.15, -0.1) is 0 Å². The number of hydrogen-bond donors (Lipinski definition) is 0. The smallest absolute Gasteiger partial charge is 0.150 e. The van der Waals surface area contributed by atoms with Crippen LogP contribution in [0, 0.1) is 0 Å². The van der Waals surface area contributed by atoms with Gasteiger partial charge in [0.15, 0.2) is 0 Å². The summed E-state index contributed by atoms with van der Waals surface area (Å²) in [6.45, 7) is 4.28. The Labute approximate surface area is 112 Å². The lowest BCUT2D eigenvalue weighted by Crippen LogP contribution is -2.47. The molecule has 0 radical (unpaired) electrons. The van der Waals surface area contributed by atoms with E-state index in [-0.39, 0.29) is 0 Å². The van der Waals surface area contributed by atoms with Crippen molar-refractivity contribution in [2.45, 2.75) is 18.9 Å². The van der Waals surface area contributed by atoms with E-state index in [0.29, 0.717) is 10.6 Å². The monoisotopic (exact) mass is 264 g/mol. The first kappa shape index (κ1) is 12.0. The predicted octanol–water partition coefficient (Wildman–Crippen LogP) is 2.44. The van der Waals surface area contributed by atoms with E-state index < -0.39 is 0 Å². The molecule has 0 aromatic heterocycles. The molecule has 3 rings (SSSR count). The number of rotatable bonds is 3. The fraction of sp³-hybridized carbons (Fsp3) is 0.500. The maximum absolute atomic E-state index is 10.9. The molecule has 2 aliphatic rings. The zero-order valence-electron chi connectivity index (χ0n) is 10.3. The molecule has 0 unspecified atom stereocenters. The molecule has 0 amide bonds. The van der Waals surface area contributed by atoms with Crippen molar-refractivity contribution in [1.82, 2.24) is 4.90 Å². The molecule has 1 saturated carbocycles. The van der Waals surface area contributed by atoms with E-state index in [1.807, 2.05) is 12.1 Å². The average Bonchev–Trinajstić information content (AvgIpc) is 3.22. The minimum absolute atomic E-state index is 0.638. The van der Waals surface area contributed by atoms with E-state index in [1.165, 1.54) is 12.8 Å². The lowest BCUT2D eigenvalue weighted by atomic mass is 10.2. The summed E-state index contributed by atoms with van der Waals surface area (Å²) >= 11 is 6.04. The number of carbonyl (C=O) groups is 1. The third kappa shape index (κ3) is 2.52. The van der Waals surface area contributed by atoms with Crippen molar-refractivity contribution in [2.24, 2.45) is 0 Å². The van der Waals surface area contributed by atoms with E-state index in [9.17, 15) is 4.79 Å². The van der Waals surface area contributed by atoms with Crippen LogP contribution in [0.25, 0.3) is 0 Å². The summed E-state index contributed by atoms with van der Waals surface area (Å²) in [6.07, 6.45) is 3.59. The first-order valence-electron chi connectivity index (χ1n) is 6.51. The van der Waals surface area contributed by atoms with Crippen LogP contribution in [0.5, 0.6) is 0 Å². The SMILES string of the molecule is O=Cc1cc(Cl)cc(N2CCN(C3CC3)CC2)c1. The largest absolute Gasteiger partial charge is 0.369 e. The van der Waals surface area contributed by atoms with Crippen molar-refractivity contribution in [3.63, 3.8) is 0 Å². The van der Waals surface area contributed by atoms with Gasteiger partial charge >= 0.3 is 0 Å². The number of piperazine rings is 1. The molecule has 1 saturated heterocycles. The zero-order chi connectivity index (χ0) is 12.5. The standard InChI is InChI=1S/C14H17ClN2O/c15-12-7-11(10-18)8-14(9-12)17-5-3-16(4-6-17)13-1-2-13/h7-10,13H,1-6H2. The fourth-order valence-corrected chi connectivity index (χ4v) is 2.87. The van der Waals surface area contributed by atoms with Gasteiger partial charge in [-0.3, -0.25) is 9.69 Å². The van der Waals surface area contributed by atoms with Gasteiger partial charge in [-0.05, 0) is 31.0 Å². The van der Waals surface area contributed by atoms with Crippen LogP contribution in [0.1, 0.15) is 23.2 Å². The average molecular weight is 265 g/mol. The highest BCUT2D eigenvalue weighted by Crippen LogP contribution is 2.29. The Morgan fingerprint density at radius 2 is 1.83 bits per heavy atom. The second kappa shape index (κ2) is 4.90. The van der Waals surface area contributed by atoms with Crippen LogP contribution in [0.3, 0.4) is 0 Å². The molecule has 0 bridgehead atoms. The summed E-state index contributed by atoms with van der Waals surface area (Å²) in [6, 6.07) is 6.42. The topological polar surface area (TPSA) is 23.6 Å². The van der Waals surface area contributed by atoms with E-state index in [4.69, 9.17) is 11.6 Å². The third-order valence-corrected chi connectivity index (χ3v) is 4.00. The van der Waals surface area contributed by atoms with Crippen molar-refractivity contribution in [3.8, 4) is 0 Å². The van der Waals surface area contributed by atoms with Gasteiger partial charge in [-0.2, -0.15) is 0 Å². The first-order chi connectivity index (χ1) is 8.76. The van der Waals surface area contributed by atoms with Gasteiger partial charge in [0.05, 0.1) is 0 Å². The number of carbonyl (C=O) groups excluding carboxylic acids is 1. The number of nitrogens with zero attached hydrogens (tertiary/aromatic N) is 2. The normalized spacial score (nSPS) is 21.1. The Bertz CT molecular complexity index is 451. The van der Waals surface area contributed by atoms with Gasteiger partial charge in [0.2, 0.25) is 0 Å². The molecule has 0 atom stereocenters. The molecule has 96 valence electrons. The third-order valence-electron chi connectivity index (χ3n) is 3.78. The molecule has 1 heterocycles. The molecular formula is C14H17ClN2O. The van der Waals surface area contributed by atoms with Crippen molar-refractivity contribution in [2.75, 3.05) is 31.1 Å². The highest BCUT2D eigenvalue weighted by Gasteiger charge is 2.31. The van der Waals surface area contributed by atoms with E-state index >= 15 is 0 Å². The summed E-state index contributed by atoms with van der Waals surface area (Å²) in [5, 5.41) is 0.638. The zero-order valence-corrected chi connectivity index (χ0v) is 11.1. The van der Waals surface area contributed by atoms with Crippen LogP contribution in [0.2, 0.25) is 5.02 Å². The van der Waals surface area contributed by atoms with Gasteiger partial charge in [0.25, 0.3) is 0 Å². The molecule has 0 spiro atoms. The number of anilines is 1. The molecule has 1 aliphatic heterocycles. The number of benzene rings is 1. The fourth-order valence-electron chi connectivity index (χ4n) is 2.63. The van der Waals surface area contributed by atoms with Gasteiger partial charge in [0.1, 0.15) is 6.29 Å². The predicted molar refractivity (Wildman–Crippen MR) is 73.6 cm³/mol. The molecular weight excluding hydrogens is 248 g/mol. The number of aldehydes is 1. The highest BCUT2D eigenvalue weighted by molar-refractivity contribution is 6.31. The lowest BCUT2D eigenvalue weighted by Gasteiger charge is -2.36. The van der Waals surface area contributed by atoms with Gasteiger partial charge in [0, 0.05) is 48.5 Å². The van der Waals surface area contributed by atoms with E-state index in [0.717, 1.165) is 44.2 Å². The van der Waals surface area contributed by atoms with E-state index in [2.05, 4.69) is 9.80 Å². The minimum atomic E-state index is 0.638. The summed E-state index contributed by atoms with van der Waals surface area (Å²) in [5.41, 5.74) is 1.72. The van der Waals surface area contributed by atoms with Crippen LogP contribution in [-0.2, 0) is 0 Å². The van der Waals surface area contributed by atoms with Crippen molar-refractivity contribution in [1.29, 1.82) is 0 Å². The van der Waals surface area contributed by atoms with Gasteiger partial charge in [-0.1, -0.05) is 11.6 Å². The van der Waals surface area contributed by atoms with Crippen LogP contribution in [0.15, 0.2) is 18.2 Å². The number of halogens is 1. The first-order valence-corrected chi connectivity index (χ1v) is 6.89. The highest BCUT2D eigenvalue weighted by atomic mass is 35.5. The minimum Gasteiger partial charge on any atom is -0.369 e. The Hall–Kier alpha value is -1.06. The molecule has 4 heteroatoms. The second-order valence-corrected chi connectivity index (χ2v) is 5.55.